The molecule has 94 valence electrons. The molecule has 0 saturated carbocycles. The molecule has 5 nitrogen and oxygen atoms in total. The average molecular weight is 254 g/mol. The number of hydrogen-bond acceptors (Lipinski definition) is 5. The maximum absolute atomic E-state index is 11.3. The van der Waals surface area contributed by atoms with E-state index in [-0.39, 0.29) is 5.69 Å². The minimum atomic E-state index is -0.401. The van der Waals surface area contributed by atoms with Crippen LogP contribution >= 0.6 is 0 Å². The Morgan fingerprint density at radius 3 is 2.58 bits per heavy atom. The van der Waals surface area contributed by atoms with Crippen molar-refractivity contribution in [3.8, 4) is 17.6 Å². The standard InChI is InChI=1S/C14H10N2O3/c1-18-14(17)10-2-4-12(5-3-10)19-13-6-7-16-11(8-13)9-15/h2-8H,1H3. The van der Waals surface area contributed by atoms with Gasteiger partial charge in [-0.1, -0.05) is 0 Å². The lowest BCUT2D eigenvalue weighted by atomic mass is 10.2. The van der Waals surface area contributed by atoms with E-state index < -0.39 is 5.97 Å². The molecule has 19 heavy (non-hydrogen) atoms. The predicted octanol–water partition coefficient (Wildman–Crippen LogP) is 2.53. The van der Waals surface area contributed by atoms with Gasteiger partial charge < -0.3 is 9.47 Å². The molecule has 0 aliphatic heterocycles. The van der Waals surface area contributed by atoms with Gasteiger partial charge in [-0.2, -0.15) is 5.26 Å². The molecular formula is C14H10N2O3. The van der Waals surface area contributed by atoms with E-state index in [1.807, 2.05) is 6.07 Å². The Morgan fingerprint density at radius 2 is 1.95 bits per heavy atom. The zero-order valence-electron chi connectivity index (χ0n) is 10.2. The smallest absolute Gasteiger partial charge is 0.337 e. The lowest BCUT2D eigenvalue weighted by Gasteiger charge is -2.06. The highest BCUT2D eigenvalue weighted by Crippen LogP contribution is 2.21. The Labute approximate surface area is 110 Å². The van der Waals surface area contributed by atoms with Crippen LogP contribution in [0.3, 0.4) is 0 Å². The van der Waals surface area contributed by atoms with Gasteiger partial charge in [0.05, 0.1) is 12.7 Å². The summed E-state index contributed by atoms with van der Waals surface area (Å²) in [7, 11) is 1.33. The summed E-state index contributed by atoms with van der Waals surface area (Å²) < 4.78 is 10.1. The van der Waals surface area contributed by atoms with E-state index in [2.05, 4.69) is 9.72 Å². The molecular weight excluding hydrogens is 244 g/mol. The highest BCUT2D eigenvalue weighted by atomic mass is 16.5. The first-order valence-corrected chi connectivity index (χ1v) is 5.45. The maximum atomic E-state index is 11.3. The summed E-state index contributed by atoms with van der Waals surface area (Å²) in [6, 6.07) is 11.6. The van der Waals surface area contributed by atoms with Crippen LogP contribution in [0.15, 0.2) is 42.6 Å². The van der Waals surface area contributed by atoms with Crippen LogP contribution in [0.1, 0.15) is 16.1 Å². The van der Waals surface area contributed by atoms with Crippen LogP contribution in [0.5, 0.6) is 11.5 Å². The van der Waals surface area contributed by atoms with Gasteiger partial charge in [0, 0.05) is 12.3 Å². The lowest BCUT2D eigenvalue weighted by Crippen LogP contribution is -2.00. The van der Waals surface area contributed by atoms with Gasteiger partial charge in [0.1, 0.15) is 23.3 Å². The van der Waals surface area contributed by atoms with Crippen LogP contribution in [-0.4, -0.2) is 18.1 Å². The van der Waals surface area contributed by atoms with Crippen molar-refractivity contribution in [3.05, 3.63) is 53.9 Å². The monoisotopic (exact) mass is 254 g/mol. The van der Waals surface area contributed by atoms with Gasteiger partial charge in [0.25, 0.3) is 0 Å². The zero-order valence-corrected chi connectivity index (χ0v) is 10.2. The number of benzene rings is 1. The van der Waals surface area contributed by atoms with Gasteiger partial charge in [0.2, 0.25) is 0 Å². The number of hydrogen-bond donors (Lipinski definition) is 0. The highest BCUT2D eigenvalue weighted by molar-refractivity contribution is 5.89. The Balaban J connectivity index is 2.15. The quantitative estimate of drug-likeness (QED) is 0.787. The second-order valence-electron chi connectivity index (χ2n) is 3.61. The van der Waals surface area contributed by atoms with Crippen LogP contribution < -0.4 is 4.74 Å². The number of carbonyl (C=O) groups is 1. The third-order valence-corrected chi connectivity index (χ3v) is 2.36. The van der Waals surface area contributed by atoms with Crippen molar-refractivity contribution in [3.63, 3.8) is 0 Å². The minimum Gasteiger partial charge on any atom is -0.465 e. The minimum absolute atomic E-state index is 0.281. The molecule has 0 atom stereocenters. The fourth-order valence-corrected chi connectivity index (χ4v) is 1.45. The van der Waals surface area contributed by atoms with Crippen molar-refractivity contribution in [2.24, 2.45) is 0 Å². The van der Waals surface area contributed by atoms with Gasteiger partial charge in [-0.05, 0) is 30.3 Å². The number of carbonyl (C=O) groups excluding carboxylic acids is 1. The number of aromatic nitrogens is 1. The predicted molar refractivity (Wildman–Crippen MR) is 66.8 cm³/mol. The summed E-state index contributed by atoms with van der Waals surface area (Å²) in [4.78, 5) is 15.1. The van der Waals surface area contributed by atoms with E-state index in [4.69, 9.17) is 10.00 Å². The van der Waals surface area contributed by atoms with Crippen LogP contribution in [0.4, 0.5) is 0 Å². The molecule has 0 N–H and O–H groups in total. The molecule has 0 aliphatic carbocycles. The molecule has 1 aromatic heterocycles. The fraction of sp³-hybridized carbons (Fsp3) is 0.0714. The fourth-order valence-electron chi connectivity index (χ4n) is 1.45. The second-order valence-corrected chi connectivity index (χ2v) is 3.61. The summed E-state index contributed by atoms with van der Waals surface area (Å²) in [5.41, 5.74) is 0.728. The second kappa shape index (κ2) is 5.65. The van der Waals surface area contributed by atoms with E-state index in [1.165, 1.54) is 19.4 Å². The largest absolute Gasteiger partial charge is 0.465 e. The van der Waals surface area contributed by atoms with Gasteiger partial charge in [-0.25, -0.2) is 9.78 Å². The van der Waals surface area contributed by atoms with Crippen molar-refractivity contribution >= 4 is 5.97 Å². The van der Waals surface area contributed by atoms with Gasteiger partial charge in [-0.3, -0.25) is 0 Å². The Kier molecular flexibility index (Phi) is 3.74. The molecule has 0 bridgehead atoms. The number of pyridine rings is 1. The summed E-state index contributed by atoms with van der Waals surface area (Å²) in [6.45, 7) is 0. The molecule has 1 aromatic carbocycles. The van der Waals surface area contributed by atoms with E-state index in [0.29, 0.717) is 17.1 Å². The molecule has 0 aliphatic rings. The molecule has 0 radical (unpaired) electrons. The first-order valence-electron chi connectivity index (χ1n) is 5.45. The Morgan fingerprint density at radius 1 is 1.21 bits per heavy atom. The normalized spacial score (nSPS) is 9.47. The maximum Gasteiger partial charge on any atom is 0.337 e. The van der Waals surface area contributed by atoms with E-state index in [1.54, 1.807) is 30.3 Å². The lowest BCUT2D eigenvalue weighted by molar-refractivity contribution is 0.0600. The topological polar surface area (TPSA) is 72.2 Å². The third-order valence-electron chi connectivity index (χ3n) is 2.36. The molecule has 5 heteroatoms. The van der Waals surface area contributed by atoms with Crippen LogP contribution in [0.25, 0.3) is 0 Å². The summed E-state index contributed by atoms with van der Waals surface area (Å²) >= 11 is 0. The van der Waals surface area contributed by atoms with Gasteiger partial charge in [-0.15, -0.1) is 0 Å². The van der Waals surface area contributed by atoms with Crippen molar-refractivity contribution < 1.29 is 14.3 Å². The molecule has 0 amide bonds. The number of methoxy groups -OCH3 is 1. The molecule has 0 fully saturated rings. The average Bonchev–Trinajstić information content (AvgIpc) is 2.47. The van der Waals surface area contributed by atoms with E-state index >= 15 is 0 Å². The SMILES string of the molecule is COC(=O)c1ccc(Oc2ccnc(C#N)c2)cc1. The van der Waals surface area contributed by atoms with Gasteiger partial charge >= 0.3 is 5.97 Å². The van der Waals surface area contributed by atoms with E-state index in [9.17, 15) is 4.79 Å². The highest BCUT2D eigenvalue weighted by Gasteiger charge is 2.05. The van der Waals surface area contributed by atoms with Crippen molar-refractivity contribution in [2.75, 3.05) is 7.11 Å². The summed E-state index contributed by atoms with van der Waals surface area (Å²) in [6.07, 6.45) is 1.50. The molecule has 0 spiro atoms. The zero-order chi connectivity index (χ0) is 13.7. The van der Waals surface area contributed by atoms with Crippen LogP contribution in [-0.2, 0) is 4.74 Å². The molecule has 1 heterocycles. The van der Waals surface area contributed by atoms with Crippen LogP contribution in [0, 0.1) is 11.3 Å². The Hall–Kier alpha value is -2.87. The third kappa shape index (κ3) is 3.07. The number of esters is 1. The number of rotatable bonds is 3. The number of nitriles is 1. The molecule has 2 aromatic rings. The summed E-state index contributed by atoms with van der Waals surface area (Å²) in [5, 5.41) is 8.73. The molecule has 0 saturated heterocycles. The van der Waals surface area contributed by atoms with E-state index in [0.717, 1.165) is 0 Å². The number of ether oxygens (including phenoxy) is 2. The van der Waals surface area contributed by atoms with Crippen LogP contribution in [0.2, 0.25) is 0 Å². The first kappa shape index (κ1) is 12.6. The van der Waals surface area contributed by atoms with Crippen molar-refractivity contribution in [1.82, 2.24) is 4.98 Å². The van der Waals surface area contributed by atoms with Gasteiger partial charge in [0.15, 0.2) is 0 Å². The molecule has 0 unspecified atom stereocenters. The van der Waals surface area contributed by atoms with Crippen molar-refractivity contribution in [2.45, 2.75) is 0 Å². The Bertz CT molecular complexity index is 630. The molecule has 2 rings (SSSR count). The number of nitrogens with zero attached hydrogens (tertiary/aromatic N) is 2. The van der Waals surface area contributed by atoms with Crippen molar-refractivity contribution in [1.29, 1.82) is 5.26 Å². The summed E-state index contributed by atoms with van der Waals surface area (Å²) in [5.74, 6) is 0.669. The first-order chi connectivity index (χ1) is 9.22.